The molecule has 3 aromatic heterocycles. The standard InChI is InChI=1S/C18H16N6O3S/c25-14(26)10-20-17(27)13-2-1-8-24-15(22-23-16(13)24)11-3-5-12(6-4-11)21-18-19-7-9-28-18/h1-3,5-9,11H,4,10H2,(H,19,21)(H,20,27)(H,25,26). The lowest BCUT2D eigenvalue weighted by Gasteiger charge is -2.15. The number of thiazole rings is 1. The van der Waals surface area contributed by atoms with Crippen LogP contribution in [0, 0.1) is 0 Å². The van der Waals surface area contributed by atoms with E-state index in [2.05, 4.69) is 31.9 Å². The van der Waals surface area contributed by atoms with Crippen LogP contribution in [0.4, 0.5) is 5.13 Å². The van der Waals surface area contributed by atoms with Gasteiger partial charge >= 0.3 is 5.97 Å². The third-order valence-electron chi connectivity index (χ3n) is 4.22. The summed E-state index contributed by atoms with van der Waals surface area (Å²) in [5, 5.41) is 25.5. The number of hydrogen-bond donors (Lipinski definition) is 3. The lowest BCUT2D eigenvalue weighted by molar-refractivity contribution is -0.135. The Labute approximate surface area is 163 Å². The highest BCUT2D eigenvalue weighted by molar-refractivity contribution is 7.13. The van der Waals surface area contributed by atoms with Gasteiger partial charge in [0.05, 0.1) is 5.56 Å². The van der Waals surface area contributed by atoms with E-state index in [1.54, 1.807) is 28.9 Å². The summed E-state index contributed by atoms with van der Waals surface area (Å²) in [7, 11) is 0. The highest BCUT2D eigenvalue weighted by atomic mass is 32.1. The van der Waals surface area contributed by atoms with Crippen LogP contribution in [-0.2, 0) is 4.79 Å². The molecular weight excluding hydrogens is 380 g/mol. The Bertz CT molecular complexity index is 1090. The molecule has 0 fully saturated rings. The molecule has 1 amide bonds. The minimum absolute atomic E-state index is 0.00850. The van der Waals surface area contributed by atoms with Gasteiger partial charge in [-0.1, -0.05) is 12.2 Å². The molecule has 142 valence electrons. The fraction of sp³-hybridized carbons (Fsp3) is 0.167. The predicted octanol–water partition coefficient (Wildman–Crippen LogP) is 2.04. The predicted molar refractivity (Wildman–Crippen MR) is 103 cm³/mol. The topological polar surface area (TPSA) is 122 Å². The Morgan fingerprint density at radius 1 is 1.36 bits per heavy atom. The van der Waals surface area contributed by atoms with Gasteiger partial charge in [0.25, 0.3) is 5.91 Å². The van der Waals surface area contributed by atoms with E-state index in [1.165, 1.54) is 11.3 Å². The van der Waals surface area contributed by atoms with Crippen molar-refractivity contribution in [1.29, 1.82) is 0 Å². The van der Waals surface area contributed by atoms with Crippen LogP contribution in [0.1, 0.15) is 28.5 Å². The number of aromatic nitrogens is 4. The number of carboxylic acids is 1. The summed E-state index contributed by atoms with van der Waals surface area (Å²) in [6.45, 7) is -0.452. The lowest BCUT2D eigenvalue weighted by Crippen LogP contribution is -2.29. The van der Waals surface area contributed by atoms with Gasteiger partial charge in [-0.25, -0.2) is 4.98 Å². The second-order valence-electron chi connectivity index (χ2n) is 6.07. The summed E-state index contributed by atoms with van der Waals surface area (Å²) in [6, 6.07) is 3.31. The number of carboxylic acid groups (broad SMARTS) is 1. The van der Waals surface area contributed by atoms with Crippen LogP contribution >= 0.6 is 11.3 Å². The minimum Gasteiger partial charge on any atom is -0.480 e. The van der Waals surface area contributed by atoms with Crippen molar-refractivity contribution in [2.24, 2.45) is 0 Å². The first kappa shape index (κ1) is 17.9. The fourth-order valence-electron chi connectivity index (χ4n) is 2.93. The number of anilines is 1. The third-order valence-corrected chi connectivity index (χ3v) is 4.91. The molecule has 3 heterocycles. The van der Waals surface area contributed by atoms with Gasteiger partial charge in [0.1, 0.15) is 12.4 Å². The first-order valence-electron chi connectivity index (χ1n) is 8.50. The molecule has 1 unspecified atom stereocenters. The van der Waals surface area contributed by atoms with E-state index in [-0.39, 0.29) is 11.5 Å². The number of nitrogens with zero attached hydrogens (tertiary/aromatic N) is 4. The molecule has 0 spiro atoms. The zero-order valence-corrected chi connectivity index (χ0v) is 15.4. The molecule has 0 saturated carbocycles. The molecule has 3 N–H and O–H groups in total. The van der Waals surface area contributed by atoms with Crippen molar-refractivity contribution in [3.8, 4) is 0 Å². The molecule has 28 heavy (non-hydrogen) atoms. The fourth-order valence-corrected chi connectivity index (χ4v) is 3.48. The number of amides is 1. The van der Waals surface area contributed by atoms with E-state index in [1.807, 2.05) is 17.5 Å². The van der Waals surface area contributed by atoms with Crippen molar-refractivity contribution in [3.63, 3.8) is 0 Å². The van der Waals surface area contributed by atoms with Gasteiger partial charge in [-0.05, 0) is 24.6 Å². The quantitative estimate of drug-likeness (QED) is 0.583. The molecule has 1 aliphatic rings. The largest absolute Gasteiger partial charge is 0.480 e. The van der Waals surface area contributed by atoms with Gasteiger partial charge in [-0.2, -0.15) is 0 Å². The van der Waals surface area contributed by atoms with Crippen molar-refractivity contribution in [2.45, 2.75) is 12.3 Å². The molecule has 3 aromatic rings. The Kier molecular flexibility index (Phi) is 4.85. The van der Waals surface area contributed by atoms with E-state index in [0.717, 1.165) is 17.2 Å². The molecule has 1 aliphatic carbocycles. The first-order valence-corrected chi connectivity index (χ1v) is 9.38. The van der Waals surface area contributed by atoms with Crippen LogP contribution in [0.5, 0.6) is 0 Å². The molecule has 0 saturated heterocycles. The number of carbonyl (C=O) groups is 2. The van der Waals surface area contributed by atoms with Crippen molar-refractivity contribution in [3.05, 3.63) is 65.2 Å². The molecule has 1 atom stereocenters. The molecule has 9 nitrogen and oxygen atoms in total. The maximum Gasteiger partial charge on any atom is 0.322 e. The molecule has 0 aliphatic heterocycles. The molecule has 10 heteroatoms. The maximum absolute atomic E-state index is 12.3. The molecule has 0 radical (unpaired) electrons. The molecule has 0 aromatic carbocycles. The second-order valence-corrected chi connectivity index (χ2v) is 6.97. The number of allylic oxidation sites excluding steroid dienone is 3. The van der Waals surface area contributed by atoms with Crippen molar-refractivity contribution in [2.75, 3.05) is 11.9 Å². The zero-order chi connectivity index (χ0) is 19.5. The number of fused-ring (bicyclic) bond motifs is 1. The highest BCUT2D eigenvalue weighted by Gasteiger charge is 2.21. The van der Waals surface area contributed by atoms with Crippen molar-refractivity contribution < 1.29 is 14.7 Å². The number of carbonyl (C=O) groups excluding carboxylic acids is 1. The average molecular weight is 396 g/mol. The number of aliphatic carboxylic acids is 1. The Morgan fingerprint density at radius 3 is 2.96 bits per heavy atom. The summed E-state index contributed by atoms with van der Waals surface area (Å²) >= 11 is 1.53. The third kappa shape index (κ3) is 3.62. The molecule has 4 rings (SSSR count). The monoisotopic (exact) mass is 396 g/mol. The van der Waals surface area contributed by atoms with E-state index in [4.69, 9.17) is 5.11 Å². The number of pyridine rings is 1. The smallest absolute Gasteiger partial charge is 0.322 e. The van der Waals surface area contributed by atoms with E-state index >= 15 is 0 Å². The Balaban J connectivity index is 1.53. The van der Waals surface area contributed by atoms with Gasteiger partial charge in [0.15, 0.2) is 10.8 Å². The number of nitrogens with one attached hydrogen (secondary N) is 2. The summed E-state index contributed by atoms with van der Waals surface area (Å²) in [6.07, 6.45) is 10.3. The lowest BCUT2D eigenvalue weighted by atomic mass is 9.98. The number of hydrogen-bond acceptors (Lipinski definition) is 7. The molecular formula is C18H16N6O3S. The summed E-state index contributed by atoms with van der Waals surface area (Å²) in [5.74, 6) is -0.887. The van der Waals surface area contributed by atoms with Gasteiger partial charge in [-0.3, -0.25) is 14.0 Å². The van der Waals surface area contributed by atoms with Gasteiger partial charge in [0.2, 0.25) is 0 Å². The van der Waals surface area contributed by atoms with Gasteiger partial charge < -0.3 is 15.7 Å². The van der Waals surface area contributed by atoms with Gasteiger partial charge in [0, 0.05) is 29.4 Å². The van der Waals surface area contributed by atoms with Crippen LogP contribution in [-0.4, -0.2) is 43.1 Å². The van der Waals surface area contributed by atoms with Crippen LogP contribution in [0.25, 0.3) is 5.65 Å². The van der Waals surface area contributed by atoms with Crippen LogP contribution in [0.3, 0.4) is 0 Å². The van der Waals surface area contributed by atoms with E-state index in [0.29, 0.717) is 11.5 Å². The Morgan fingerprint density at radius 2 is 2.25 bits per heavy atom. The number of rotatable bonds is 6. The van der Waals surface area contributed by atoms with Crippen LogP contribution in [0.15, 0.2) is 53.8 Å². The SMILES string of the molecule is O=C(O)CNC(=O)c1cccn2c(C3C=CC(Nc4nccs4)=CC3)nnc12. The normalized spacial score (nSPS) is 16.0. The first-order chi connectivity index (χ1) is 13.6. The second kappa shape index (κ2) is 7.61. The van der Waals surface area contributed by atoms with Crippen molar-refractivity contribution >= 4 is 34.0 Å². The Hall–Kier alpha value is -3.53. The van der Waals surface area contributed by atoms with Crippen molar-refractivity contribution in [1.82, 2.24) is 24.9 Å². The van der Waals surface area contributed by atoms with Crippen LogP contribution < -0.4 is 10.6 Å². The minimum atomic E-state index is -1.11. The summed E-state index contributed by atoms with van der Waals surface area (Å²) in [5.41, 5.74) is 1.64. The zero-order valence-electron chi connectivity index (χ0n) is 14.6. The van der Waals surface area contributed by atoms with Crippen LogP contribution in [0.2, 0.25) is 0 Å². The maximum atomic E-state index is 12.3. The van der Waals surface area contributed by atoms with Gasteiger partial charge in [-0.15, -0.1) is 21.5 Å². The average Bonchev–Trinajstić information content (AvgIpc) is 3.36. The highest BCUT2D eigenvalue weighted by Crippen LogP contribution is 2.27. The summed E-state index contributed by atoms with van der Waals surface area (Å²) < 4.78 is 1.76. The van der Waals surface area contributed by atoms with E-state index < -0.39 is 18.4 Å². The van der Waals surface area contributed by atoms with E-state index in [9.17, 15) is 9.59 Å². The summed E-state index contributed by atoms with van der Waals surface area (Å²) in [4.78, 5) is 27.1. The molecule has 0 bridgehead atoms.